The fourth-order valence-corrected chi connectivity index (χ4v) is 4.41. The first-order chi connectivity index (χ1) is 14.7. The van der Waals surface area contributed by atoms with E-state index in [0.29, 0.717) is 5.92 Å². The number of nitrogens with one attached hydrogen (secondary N) is 1. The van der Waals surface area contributed by atoms with E-state index in [9.17, 15) is 4.79 Å². The number of rotatable bonds is 7. The molecule has 1 saturated carbocycles. The Morgan fingerprint density at radius 1 is 0.968 bits per heavy atom. The number of alkyl carbamates (subject to hydrolysis) is 1. The van der Waals surface area contributed by atoms with Crippen molar-refractivity contribution in [1.29, 1.82) is 0 Å². The Kier molecular flexibility index (Phi) is 7.77. The molecule has 0 bridgehead atoms. The molecule has 0 heterocycles. The monoisotopic (exact) mass is 422 g/mol. The van der Waals surface area contributed by atoms with E-state index in [1.54, 1.807) is 0 Å². The van der Waals surface area contributed by atoms with E-state index in [1.807, 2.05) is 20.8 Å². The predicted molar refractivity (Wildman–Crippen MR) is 127 cm³/mol. The van der Waals surface area contributed by atoms with Gasteiger partial charge in [-0.15, -0.1) is 0 Å². The molecule has 3 rings (SSSR count). The Bertz CT molecular complexity index is 765. The average molecular weight is 423 g/mol. The number of nitrogens with zero attached hydrogens (tertiary/aromatic N) is 1. The molecule has 0 saturated heterocycles. The lowest BCUT2D eigenvalue weighted by Gasteiger charge is -2.39. The van der Waals surface area contributed by atoms with Gasteiger partial charge in [0.25, 0.3) is 0 Å². The van der Waals surface area contributed by atoms with Gasteiger partial charge in [0, 0.05) is 25.2 Å². The van der Waals surface area contributed by atoms with E-state index in [4.69, 9.17) is 4.74 Å². The highest BCUT2D eigenvalue weighted by atomic mass is 16.6. The topological polar surface area (TPSA) is 41.6 Å². The van der Waals surface area contributed by atoms with Gasteiger partial charge in [0.05, 0.1) is 0 Å². The highest BCUT2D eigenvalue weighted by Gasteiger charge is 2.34. The van der Waals surface area contributed by atoms with Crippen LogP contribution in [-0.4, -0.2) is 28.7 Å². The zero-order valence-corrected chi connectivity index (χ0v) is 19.6. The Labute approximate surface area is 188 Å². The van der Waals surface area contributed by atoms with E-state index in [2.05, 4.69) is 77.8 Å². The molecule has 1 amide bonds. The normalized spacial score (nSPS) is 21.6. The van der Waals surface area contributed by atoms with Crippen molar-refractivity contribution in [3.8, 4) is 0 Å². The van der Waals surface area contributed by atoms with Crippen LogP contribution in [0.2, 0.25) is 0 Å². The summed E-state index contributed by atoms with van der Waals surface area (Å²) in [6.07, 6.45) is 3.91. The standard InChI is InChI=1S/C27H38N2O2/c1-26(2,3)31-25(30)28-27(4)17-15-24(16-18-27)21-29(19-22-11-7-5-8-12-22)20-23-13-9-6-10-14-23/h5-14,24H,15-21H2,1-4H3,(H,28,30). The van der Waals surface area contributed by atoms with Crippen molar-refractivity contribution in [2.45, 2.75) is 77.6 Å². The largest absolute Gasteiger partial charge is 0.444 e. The average Bonchev–Trinajstić information content (AvgIpc) is 2.70. The number of ether oxygens (including phenoxy) is 1. The first-order valence-corrected chi connectivity index (χ1v) is 11.5. The van der Waals surface area contributed by atoms with Gasteiger partial charge in [-0.2, -0.15) is 0 Å². The molecular formula is C27H38N2O2. The summed E-state index contributed by atoms with van der Waals surface area (Å²) in [5.41, 5.74) is 2.06. The van der Waals surface area contributed by atoms with E-state index >= 15 is 0 Å². The molecular weight excluding hydrogens is 384 g/mol. The summed E-state index contributed by atoms with van der Waals surface area (Å²) in [4.78, 5) is 14.8. The molecule has 0 spiro atoms. The quantitative estimate of drug-likeness (QED) is 0.581. The third-order valence-corrected chi connectivity index (χ3v) is 6.03. The van der Waals surface area contributed by atoms with Crippen LogP contribution >= 0.6 is 0 Å². The molecule has 31 heavy (non-hydrogen) atoms. The molecule has 1 aliphatic carbocycles. The van der Waals surface area contributed by atoms with Crippen molar-refractivity contribution in [1.82, 2.24) is 10.2 Å². The third kappa shape index (κ3) is 8.02. The van der Waals surface area contributed by atoms with Gasteiger partial charge in [-0.05, 0) is 70.4 Å². The fraction of sp³-hybridized carbons (Fsp3) is 0.519. The lowest BCUT2D eigenvalue weighted by atomic mass is 9.77. The van der Waals surface area contributed by atoms with Crippen LogP contribution in [0.1, 0.15) is 64.5 Å². The van der Waals surface area contributed by atoms with Gasteiger partial charge in [-0.3, -0.25) is 4.90 Å². The maximum Gasteiger partial charge on any atom is 0.408 e. The van der Waals surface area contributed by atoms with Gasteiger partial charge in [0.1, 0.15) is 5.60 Å². The number of hydrogen-bond donors (Lipinski definition) is 1. The minimum atomic E-state index is -0.465. The Balaban J connectivity index is 1.57. The first kappa shape index (κ1) is 23.3. The second-order valence-corrected chi connectivity index (χ2v) is 10.3. The van der Waals surface area contributed by atoms with Crippen LogP contribution in [0.25, 0.3) is 0 Å². The van der Waals surface area contributed by atoms with Crippen molar-refractivity contribution in [2.75, 3.05) is 6.54 Å². The Hall–Kier alpha value is -2.33. The third-order valence-electron chi connectivity index (χ3n) is 6.03. The minimum absolute atomic E-state index is 0.178. The lowest BCUT2D eigenvalue weighted by Crippen LogP contribution is -2.50. The number of carbonyl (C=O) groups is 1. The summed E-state index contributed by atoms with van der Waals surface area (Å²) in [6, 6.07) is 21.4. The molecule has 2 aromatic rings. The van der Waals surface area contributed by atoms with Crippen LogP contribution in [-0.2, 0) is 17.8 Å². The second kappa shape index (κ2) is 10.3. The van der Waals surface area contributed by atoms with Gasteiger partial charge >= 0.3 is 6.09 Å². The van der Waals surface area contributed by atoms with Crippen LogP contribution in [0.3, 0.4) is 0 Å². The zero-order valence-electron chi connectivity index (χ0n) is 19.6. The van der Waals surface area contributed by atoms with Gasteiger partial charge in [-0.1, -0.05) is 60.7 Å². The van der Waals surface area contributed by atoms with E-state index in [1.165, 1.54) is 11.1 Å². The van der Waals surface area contributed by atoms with Crippen LogP contribution in [0, 0.1) is 5.92 Å². The van der Waals surface area contributed by atoms with Crippen molar-refractivity contribution >= 4 is 6.09 Å². The van der Waals surface area contributed by atoms with Crippen LogP contribution in [0.15, 0.2) is 60.7 Å². The van der Waals surface area contributed by atoms with Crippen molar-refractivity contribution in [3.05, 3.63) is 71.8 Å². The summed E-state index contributed by atoms with van der Waals surface area (Å²) < 4.78 is 5.47. The van der Waals surface area contributed by atoms with Crippen molar-refractivity contribution < 1.29 is 9.53 Å². The van der Waals surface area contributed by atoms with Gasteiger partial charge < -0.3 is 10.1 Å². The Morgan fingerprint density at radius 3 is 1.90 bits per heavy atom. The first-order valence-electron chi connectivity index (χ1n) is 11.5. The van der Waals surface area contributed by atoms with Gasteiger partial charge in [0.2, 0.25) is 0 Å². The van der Waals surface area contributed by atoms with Crippen LogP contribution in [0.5, 0.6) is 0 Å². The SMILES string of the molecule is CC1(NC(=O)OC(C)(C)C)CCC(CN(Cc2ccccc2)Cc2ccccc2)CC1. The molecule has 0 aliphatic heterocycles. The summed E-state index contributed by atoms with van der Waals surface area (Å²) in [6.45, 7) is 10.9. The molecule has 2 aromatic carbocycles. The van der Waals surface area contributed by atoms with Gasteiger partial charge in [-0.25, -0.2) is 4.79 Å². The van der Waals surface area contributed by atoms with E-state index in [0.717, 1.165) is 45.3 Å². The molecule has 4 heteroatoms. The second-order valence-electron chi connectivity index (χ2n) is 10.3. The maximum atomic E-state index is 12.3. The molecule has 168 valence electrons. The number of carbonyl (C=O) groups excluding carboxylic acids is 1. The smallest absolute Gasteiger partial charge is 0.408 e. The predicted octanol–water partition coefficient (Wildman–Crippen LogP) is 6.16. The van der Waals surface area contributed by atoms with Crippen molar-refractivity contribution in [3.63, 3.8) is 0 Å². The Morgan fingerprint density at radius 2 is 1.45 bits per heavy atom. The van der Waals surface area contributed by atoms with Crippen molar-refractivity contribution in [2.24, 2.45) is 5.92 Å². The molecule has 0 unspecified atom stereocenters. The number of benzene rings is 2. The highest BCUT2D eigenvalue weighted by molar-refractivity contribution is 5.68. The van der Waals surface area contributed by atoms with Crippen LogP contribution < -0.4 is 5.32 Å². The molecule has 0 aromatic heterocycles. The number of hydrogen-bond acceptors (Lipinski definition) is 3. The van der Waals surface area contributed by atoms with E-state index < -0.39 is 5.60 Å². The molecule has 1 fully saturated rings. The maximum absolute atomic E-state index is 12.3. The molecule has 0 atom stereocenters. The molecule has 1 aliphatic rings. The minimum Gasteiger partial charge on any atom is -0.444 e. The highest BCUT2D eigenvalue weighted by Crippen LogP contribution is 2.33. The molecule has 4 nitrogen and oxygen atoms in total. The number of amides is 1. The van der Waals surface area contributed by atoms with Crippen LogP contribution in [0.4, 0.5) is 4.79 Å². The summed E-state index contributed by atoms with van der Waals surface area (Å²) in [5, 5.41) is 3.13. The van der Waals surface area contributed by atoms with Gasteiger partial charge in [0.15, 0.2) is 0 Å². The summed E-state index contributed by atoms with van der Waals surface area (Å²) >= 11 is 0. The summed E-state index contributed by atoms with van der Waals surface area (Å²) in [7, 11) is 0. The fourth-order valence-electron chi connectivity index (χ4n) is 4.41. The molecule has 0 radical (unpaired) electrons. The zero-order chi connectivity index (χ0) is 22.3. The lowest BCUT2D eigenvalue weighted by molar-refractivity contribution is 0.0415. The molecule has 1 N–H and O–H groups in total. The summed E-state index contributed by atoms with van der Waals surface area (Å²) in [5.74, 6) is 0.640. The van der Waals surface area contributed by atoms with E-state index in [-0.39, 0.29) is 11.6 Å².